The van der Waals surface area contributed by atoms with Crippen LogP contribution in [-0.2, 0) is 30.5 Å². The summed E-state index contributed by atoms with van der Waals surface area (Å²) in [6, 6.07) is 7.53. The van der Waals surface area contributed by atoms with E-state index in [9.17, 15) is 13.2 Å². The van der Waals surface area contributed by atoms with Gasteiger partial charge in [-0.2, -0.15) is 0 Å². The zero-order chi connectivity index (χ0) is 19.1. The molecule has 0 radical (unpaired) electrons. The van der Waals surface area contributed by atoms with Crippen LogP contribution in [-0.4, -0.2) is 39.3 Å². The van der Waals surface area contributed by atoms with E-state index in [1.54, 1.807) is 0 Å². The first kappa shape index (κ1) is 21.6. The number of sulfone groups is 1. The van der Waals surface area contributed by atoms with E-state index in [2.05, 4.69) is 26.1 Å². The minimum Gasteiger partial charge on any atom is -0.379 e. The molecule has 0 unspecified atom stereocenters. The zero-order valence-electron chi connectivity index (χ0n) is 16.0. The quantitative estimate of drug-likeness (QED) is 0.680. The van der Waals surface area contributed by atoms with Crippen molar-refractivity contribution >= 4 is 15.7 Å². The maximum Gasteiger partial charge on any atom is 0.235 e. The molecule has 25 heavy (non-hydrogen) atoms. The summed E-state index contributed by atoms with van der Waals surface area (Å²) >= 11 is 0. The summed E-state index contributed by atoms with van der Waals surface area (Å²) in [5.74, 6) is -1.07. The highest BCUT2D eigenvalue weighted by molar-refractivity contribution is 7.91. The lowest BCUT2D eigenvalue weighted by atomic mass is 9.87. The number of carbonyl (C=O) groups is 1. The molecule has 0 aliphatic rings. The van der Waals surface area contributed by atoms with Gasteiger partial charge in [0, 0.05) is 13.2 Å². The first-order chi connectivity index (χ1) is 11.5. The van der Waals surface area contributed by atoms with Crippen LogP contribution in [0.1, 0.15) is 52.2 Å². The maximum absolute atomic E-state index is 12.2. The van der Waals surface area contributed by atoms with E-state index in [-0.39, 0.29) is 17.3 Å². The van der Waals surface area contributed by atoms with Crippen molar-refractivity contribution in [3.05, 3.63) is 35.4 Å². The third-order valence-electron chi connectivity index (χ3n) is 3.65. The van der Waals surface area contributed by atoms with Crippen LogP contribution >= 0.6 is 0 Å². The molecule has 142 valence electrons. The molecule has 0 atom stereocenters. The van der Waals surface area contributed by atoms with Crippen molar-refractivity contribution in [2.75, 3.05) is 18.9 Å². The van der Waals surface area contributed by atoms with E-state index in [0.717, 1.165) is 5.56 Å². The third-order valence-corrected chi connectivity index (χ3v) is 5.13. The first-order valence-corrected chi connectivity index (χ1v) is 10.5. The summed E-state index contributed by atoms with van der Waals surface area (Å²) in [7, 11) is -3.48. The van der Waals surface area contributed by atoms with E-state index in [4.69, 9.17) is 4.74 Å². The van der Waals surface area contributed by atoms with Crippen LogP contribution in [0.3, 0.4) is 0 Å². The summed E-state index contributed by atoms with van der Waals surface area (Å²) < 4.78 is 29.7. The first-order valence-electron chi connectivity index (χ1n) is 8.68. The monoisotopic (exact) mass is 369 g/mol. The van der Waals surface area contributed by atoms with Gasteiger partial charge in [0.2, 0.25) is 5.91 Å². The maximum atomic E-state index is 12.2. The summed E-state index contributed by atoms with van der Waals surface area (Å²) in [5.41, 5.74) is 1.87. The molecule has 1 N–H and O–H groups in total. The molecule has 0 aliphatic heterocycles. The Balaban J connectivity index is 2.46. The number of ether oxygens (including phenoxy) is 1. The largest absolute Gasteiger partial charge is 0.379 e. The molecular formula is C19H31NO4S. The predicted octanol–water partition coefficient (Wildman–Crippen LogP) is 2.83. The number of hydrogen-bond donors (Lipinski definition) is 1. The Labute approximate surface area is 152 Å². The Morgan fingerprint density at radius 1 is 1.16 bits per heavy atom. The van der Waals surface area contributed by atoms with Crippen LogP contribution in [0.4, 0.5) is 0 Å². The summed E-state index contributed by atoms with van der Waals surface area (Å²) in [4.78, 5) is 11.8. The Hall–Kier alpha value is -1.40. The van der Waals surface area contributed by atoms with Crippen molar-refractivity contribution in [2.24, 2.45) is 0 Å². The molecule has 1 amide bonds. The molecule has 0 aliphatic carbocycles. The molecule has 0 aromatic heterocycles. The van der Waals surface area contributed by atoms with Gasteiger partial charge in [0.25, 0.3) is 0 Å². The van der Waals surface area contributed by atoms with Gasteiger partial charge >= 0.3 is 0 Å². The average Bonchev–Trinajstić information content (AvgIpc) is 2.45. The lowest BCUT2D eigenvalue weighted by Crippen LogP contribution is -2.32. The normalized spacial score (nSPS) is 12.4. The van der Waals surface area contributed by atoms with E-state index >= 15 is 0 Å². The standard InChI is InChI=1S/C19H31NO4S/c1-15(2)24-12-6-11-20-18(21)14-25(22,23)13-16-7-9-17(10-8-16)19(3,4)5/h7-10,15H,6,11-14H2,1-5H3,(H,20,21). The number of benzene rings is 1. The molecule has 0 saturated carbocycles. The molecule has 0 heterocycles. The second kappa shape index (κ2) is 9.34. The van der Waals surface area contributed by atoms with E-state index in [0.29, 0.717) is 25.1 Å². The van der Waals surface area contributed by atoms with Gasteiger partial charge in [-0.15, -0.1) is 0 Å². The lowest BCUT2D eigenvalue weighted by molar-refractivity contribution is -0.118. The van der Waals surface area contributed by atoms with E-state index < -0.39 is 21.5 Å². The minimum absolute atomic E-state index is 0.0244. The second-order valence-corrected chi connectivity index (χ2v) is 9.67. The van der Waals surface area contributed by atoms with Crippen molar-refractivity contribution in [1.29, 1.82) is 0 Å². The number of hydrogen-bond acceptors (Lipinski definition) is 4. The smallest absolute Gasteiger partial charge is 0.235 e. The second-order valence-electron chi connectivity index (χ2n) is 7.60. The van der Waals surface area contributed by atoms with Gasteiger partial charge in [-0.25, -0.2) is 8.42 Å². The molecule has 6 heteroatoms. The van der Waals surface area contributed by atoms with E-state index in [1.807, 2.05) is 38.1 Å². The number of rotatable bonds is 9. The molecule has 1 rings (SSSR count). The van der Waals surface area contributed by atoms with Crippen molar-refractivity contribution in [2.45, 2.75) is 58.3 Å². The Bertz CT molecular complexity index is 643. The van der Waals surface area contributed by atoms with Gasteiger partial charge in [-0.1, -0.05) is 45.0 Å². The number of carbonyl (C=O) groups excluding carboxylic acids is 1. The minimum atomic E-state index is -3.48. The van der Waals surface area contributed by atoms with Crippen molar-refractivity contribution in [3.8, 4) is 0 Å². The average molecular weight is 370 g/mol. The molecule has 1 aromatic carbocycles. The van der Waals surface area contributed by atoms with Gasteiger partial charge in [0.1, 0.15) is 5.75 Å². The zero-order valence-corrected chi connectivity index (χ0v) is 16.8. The predicted molar refractivity (Wildman–Crippen MR) is 101 cm³/mol. The summed E-state index contributed by atoms with van der Waals surface area (Å²) in [5, 5.41) is 2.63. The Morgan fingerprint density at radius 3 is 2.28 bits per heavy atom. The summed E-state index contributed by atoms with van der Waals surface area (Å²) in [6.45, 7) is 11.2. The van der Waals surface area contributed by atoms with Crippen molar-refractivity contribution in [3.63, 3.8) is 0 Å². The van der Waals surface area contributed by atoms with Crippen LogP contribution in [0.2, 0.25) is 0 Å². The van der Waals surface area contributed by atoms with E-state index in [1.165, 1.54) is 0 Å². The highest BCUT2D eigenvalue weighted by atomic mass is 32.2. The molecule has 5 nitrogen and oxygen atoms in total. The lowest BCUT2D eigenvalue weighted by Gasteiger charge is -2.19. The molecule has 0 spiro atoms. The molecular weight excluding hydrogens is 338 g/mol. The molecule has 0 bridgehead atoms. The Kier molecular flexibility index (Phi) is 8.09. The SMILES string of the molecule is CC(C)OCCCNC(=O)CS(=O)(=O)Cc1ccc(C(C)(C)C)cc1. The highest BCUT2D eigenvalue weighted by Gasteiger charge is 2.18. The van der Waals surface area contributed by atoms with Crippen LogP contribution < -0.4 is 5.32 Å². The van der Waals surface area contributed by atoms with Gasteiger partial charge in [-0.3, -0.25) is 4.79 Å². The topological polar surface area (TPSA) is 72.5 Å². The number of amides is 1. The highest BCUT2D eigenvalue weighted by Crippen LogP contribution is 2.22. The van der Waals surface area contributed by atoms with Crippen LogP contribution in [0.5, 0.6) is 0 Å². The third kappa shape index (κ3) is 9.02. The fourth-order valence-electron chi connectivity index (χ4n) is 2.28. The van der Waals surface area contributed by atoms with Crippen LogP contribution in [0.15, 0.2) is 24.3 Å². The fraction of sp³-hybridized carbons (Fsp3) is 0.632. The number of nitrogens with one attached hydrogen (secondary N) is 1. The van der Waals surface area contributed by atoms with Crippen molar-refractivity contribution < 1.29 is 17.9 Å². The van der Waals surface area contributed by atoms with Crippen LogP contribution in [0.25, 0.3) is 0 Å². The Morgan fingerprint density at radius 2 is 1.76 bits per heavy atom. The molecule has 1 aromatic rings. The van der Waals surface area contributed by atoms with Crippen molar-refractivity contribution in [1.82, 2.24) is 5.32 Å². The van der Waals surface area contributed by atoms with Gasteiger partial charge in [0.15, 0.2) is 9.84 Å². The van der Waals surface area contributed by atoms with Gasteiger partial charge < -0.3 is 10.1 Å². The molecule has 0 fully saturated rings. The van der Waals surface area contributed by atoms with Gasteiger partial charge in [0.05, 0.1) is 11.9 Å². The molecule has 0 saturated heterocycles. The summed E-state index contributed by atoms with van der Waals surface area (Å²) in [6.07, 6.45) is 0.818. The fourth-order valence-corrected chi connectivity index (χ4v) is 3.58. The van der Waals surface area contributed by atoms with Crippen LogP contribution in [0, 0.1) is 0 Å². The van der Waals surface area contributed by atoms with Gasteiger partial charge in [-0.05, 0) is 36.8 Å².